The average molecular weight is 872 g/mol. The van der Waals surface area contributed by atoms with Crippen LogP contribution in [0.3, 0.4) is 0 Å². The summed E-state index contributed by atoms with van der Waals surface area (Å²) in [7, 11) is 1.42. The summed E-state index contributed by atoms with van der Waals surface area (Å²) in [5.41, 5.74) is 2.24. The number of carboxylic acid groups (broad SMARTS) is 1. The van der Waals surface area contributed by atoms with Crippen molar-refractivity contribution in [2.75, 3.05) is 13.6 Å². The first-order valence-corrected chi connectivity index (χ1v) is 21.4. The molecular weight excluding hydrogens is 811 g/mol. The lowest BCUT2D eigenvalue weighted by molar-refractivity contribution is -0.142. The van der Waals surface area contributed by atoms with Crippen LogP contribution in [0.15, 0.2) is 78.9 Å². The molecule has 1 fully saturated rings. The van der Waals surface area contributed by atoms with Crippen molar-refractivity contribution < 1.29 is 48.9 Å². The van der Waals surface area contributed by atoms with Gasteiger partial charge in [0.15, 0.2) is 0 Å². The normalized spacial score (nSPS) is 21.8. The van der Waals surface area contributed by atoms with Crippen molar-refractivity contribution in [2.24, 2.45) is 5.92 Å². The Morgan fingerprint density at radius 2 is 1.32 bits per heavy atom. The molecule has 0 aliphatic carbocycles. The second-order valence-corrected chi connectivity index (χ2v) is 16.1. The van der Waals surface area contributed by atoms with Gasteiger partial charge in [0.25, 0.3) is 0 Å². The van der Waals surface area contributed by atoms with Crippen molar-refractivity contribution in [3.8, 4) is 11.5 Å². The van der Waals surface area contributed by atoms with Crippen molar-refractivity contribution in [1.82, 2.24) is 36.8 Å². The zero-order valence-electron chi connectivity index (χ0n) is 36.3. The molecule has 0 aromatic heterocycles. The van der Waals surface area contributed by atoms with E-state index in [9.17, 15) is 48.9 Å². The molecule has 0 spiro atoms. The summed E-state index contributed by atoms with van der Waals surface area (Å²) >= 11 is 0. The molecule has 17 nitrogen and oxygen atoms in total. The summed E-state index contributed by atoms with van der Waals surface area (Å²) in [6, 6.07) is 13.6. The van der Waals surface area contributed by atoms with Gasteiger partial charge in [-0.05, 0) is 98.7 Å². The third-order valence-corrected chi connectivity index (χ3v) is 11.4. The molecule has 340 valence electrons. The van der Waals surface area contributed by atoms with Crippen LogP contribution in [0.1, 0.15) is 76.0 Å². The smallest absolute Gasteiger partial charge is 0.326 e. The number of phenols is 2. The molecule has 3 aromatic carbocycles. The highest BCUT2D eigenvalue weighted by atomic mass is 16.4. The van der Waals surface area contributed by atoms with Crippen molar-refractivity contribution >= 4 is 41.5 Å². The highest BCUT2D eigenvalue weighted by Gasteiger charge is 2.36. The Balaban J connectivity index is 1.64. The summed E-state index contributed by atoms with van der Waals surface area (Å²) in [6.07, 6.45) is 2.00. The van der Waals surface area contributed by atoms with Gasteiger partial charge in [-0.15, -0.1) is 0 Å². The number of urea groups is 1. The Morgan fingerprint density at radius 1 is 0.746 bits per heavy atom. The number of phenolic OH excluding ortho intramolecular Hbond substituents is 2. The largest absolute Gasteiger partial charge is 0.508 e. The minimum atomic E-state index is -1.33. The predicted molar refractivity (Wildman–Crippen MR) is 234 cm³/mol. The standard InChI is InChI=1S/C46H61N7O10/c1-5-28(2)39-43(59)49-37(25-19-31-16-22-34(55)23-17-31)44(60)53(4)29(3)40(56)48-36(24-18-30-14-20-33(54)21-15-30)41(57)47-26-10-9-13-35(42(58)52-39)50-46(63)51-38(45(61)62)27-32-11-7-6-8-12-32/h6-8,11-12,14-17,20-23,28-29,35-39,54-55H,5,9-10,13,18-19,24-27H2,1-4H3,(H,47,57)(H,48,56)(H,49,59)(H,52,58)(H,61,62)(H2,50,51,63). The zero-order valence-corrected chi connectivity index (χ0v) is 36.3. The maximum atomic E-state index is 14.3. The SMILES string of the molecule is CCC(C)C1NC(=O)C(NC(=O)NC(Cc2ccccc2)C(=O)O)CCCCNC(=O)C(CCc2ccc(O)cc2)NC(=O)C(C)N(C)C(=O)C(CCc2ccc(O)cc2)NC1=O. The van der Waals surface area contributed by atoms with E-state index in [4.69, 9.17) is 0 Å². The Bertz CT molecular complexity index is 2020. The summed E-state index contributed by atoms with van der Waals surface area (Å²) in [6.45, 7) is 5.23. The lowest BCUT2D eigenvalue weighted by Gasteiger charge is -2.32. The van der Waals surface area contributed by atoms with Crippen LogP contribution < -0.4 is 31.9 Å². The number of aliphatic carboxylic acids is 1. The van der Waals surface area contributed by atoms with Crippen LogP contribution >= 0.6 is 0 Å². The highest BCUT2D eigenvalue weighted by Crippen LogP contribution is 2.17. The van der Waals surface area contributed by atoms with Gasteiger partial charge in [-0.2, -0.15) is 0 Å². The first-order valence-electron chi connectivity index (χ1n) is 21.4. The number of likely N-dealkylation sites (N-methyl/N-ethyl adjacent to an activating group) is 1. The van der Waals surface area contributed by atoms with Crippen LogP contribution in [0.2, 0.25) is 0 Å². The summed E-state index contributed by atoms with van der Waals surface area (Å²) in [4.78, 5) is 96.8. The fraction of sp³-hybridized carbons (Fsp3) is 0.457. The van der Waals surface area contributed by atoms with Gasteiger partial charge in [0.1, 0.15) is 47.8 Å². The molecule has 1 aliphatic rings. The molecule has 4 rings (SSSR count). The molecule has 3 aromatic rings. The van der Waals surface area contributed by atoms with Gasteiger partial charge in [0.05, 0.1) is 0 Å². The van der Waals surface area contributed by atoms with E-state index in [0.717, 1.165) is 11.1 Å². The summed E-state index contributed by atoms with van der Waals surface area (Å²) in [5, 5.41) is 45.8. The number of rotatable bonds is 13. The van der Waals surface area contributed by atoms with Crippen LogP contribution in [0.4, 0.5) is 4.79 Å². The predicted octanol–water partition coefficient (Wildman–Crippen LogP) is 2.67. The monoisotopic (exact) mass is 871 g/mol. The van der Waals surface area contributed by atoms with Gasteiger partial charge in [-0.1, -0.05) is 74.9 Å². The molecular formula is C46H61N7O10. The molecule has 0 bridgehead atoms. The number of nitrogens with one attached hydrogen (secondary N) is 6. The number of aromatic hydroxyl groups is 2. The molecule has 1 aliphatic heterocycles. The van der Waals surface area contributed by atoms with Crippen LogP contribution in [-0.2, 0) is 48.0 Å². The highest BCUT2D eigenvalue weighted by molar-refractivity contribution is 5.96. The maximum absolute atomic E-state index is 14.3. The fourth-order valence-electron chi connectivity index (χ4n) is 7.08. The van der Waals surface area contributed by atoms with Crippen molar-refractivity contribution in [2.45, 2.75) is 115 Å². The van der Waals surface area contributed by atoms with Gasteiger partial charge in [0.2, 0.25) is 29.5 Å². The van der Waals surface area contributed by atoms with Crippen LogP contribution in [0.5, 0.6) is 11.5 Å². The summed E-state index contributed by atoms with van der Waals surface area (Å²) in [5.74, 6) is -4.70. The minimum absolute atomic E-state index is 0.0204. The molecule has 1 saturated heterocycles. The Kier molecular flexibility index (Phi) is 18.8. The quantitative estimate of drug-likeness (QED) is 0.121. The molecule has 17 heteroatoms. The fourth-order valence-corrected chi connectivity index (χ4v) is 7.08. The van der Waals surface area contributed by atoms with Gasteiger partial charge in [0, 0.05) is 20.0 Å². The molecule has 1 heterocycles. The Labute approximate surface area is 367 Å². The maximum Gasteiger partial charge on any atom is 0.326 e. The second-order valence-electron chi connectivity index (χ2n) is 16.1. The lowest BCUT2D eigenvalue weighted by Crippen LogP contribution is -2.60. The number of benzene rings is 3. The van der Waals surface area contributed by atoms with E-state index < -0.39 is 83.7 Å². The van der Waals surface area contributed by atoms with E-state index in [-0.39, 0.29) is 50.1 Å². The van der Waals surface area contributed by atoms with Gasteiger partial charge in [-0.25, -0.2) is 9.59 Å². The van der Waals surface area contributed by atoms with E-state index >= 15 is 0 Å². The van der Waals surface area contributed by atoms with Gasteiger partial charge in [-0.3, -0.25) is 24.0 Å². The number of carbonyl (C=O) groups excluding carboxylic acids is 6. The average Bonchev–Trinajstić information content (AvgIpc) is 3.27. The number of nitrogens with zero attached hydrogens (tertiary/aromatic N) is 1. The number of hydrogen-bond acceptors (Lipinski definition) is 9. The summed E-state index contributed by atoms with van der Waals surface area (Å²) < 4.78 is 0. The third-order valence-electron chi connectivity index (χ3n) is 11.4. The first-order chi connectivity index (χ1) is 30.1. The minimum Gasteiger partial charge on any atom is -0.508 e. The Morgan fingerprint density at radius 3 is 1.89 bits per heavy atom. The lowest BCUT2D eigenvalue weighted by atomic mass is 9.96. The van der Waals surface area contributed by atoms with Crippen molar-refractivity contribution in [1.29, 1.82) is 0 Å². The third kappa shape index (κ3) is 15.3. The number of hydrogen-bond donors (Lipinski definition) is 9. The molecule has 7 amide bonds. The molecule has 9 N–H and O–H groups in total. The van der Waals surface area contributed by atoms with Crippen molar-refractivity contribution in [3.05, 3.63) is 95.6 Å². The van der Waals surface area contributed by atoms with E-state index in [1.54, 1.807) is 61.5 Å². The van der Waals surface area contributed by atoms with Crippen LogP contribution in [0.25, 0.3) is 0 Å². The first kappa shape index (κ1) is 49.0. The van der Waals surface area contributed by atoms with Gasteiger partial charge >= 0.3 is 12.0 Å². The molecule has 7 atom stereocenters. The van der Waals surface area contributed by atoms with Crippen LogP contribution in [0, 0.1) is 5.92 Å². The van der Waals surface area contributed by atoms with Crippen LogP contribution in [-0.4, -0.2) is 112 Å². The van der Waals surface area contributed by atoms with Gasteiger partial charge < -0.3 is 52.1 Å². The molecule has 0 radical (unpaired) electrons. The topological polar surface area (TPSA) is 256 Å². The molecule has 0 saturated carbocycles. The zero-order chi connectivity index (χ0) is 46.1. The van der Waals surface area contributed by atoms with E-state index in [1.807, 2.05) is 6.92 Å². The number of aryl methyl sites for hydroxylation is 2. The second kappa shape index (κ2) is 24.1. The number of amides is 7. The van der Waals surface area contributed by atoms with E-state index in [2.05, 4.69) is 31.9 Å². The number of carboxylic acids is 1. The molecule has 63 heavy (non-hydrogen) atoms. The molecule has 7 unspecified atom stereocenters. The number of carbonyl (C=O) groups is 7. The van der Waals surface area contributed by atoms with E-state index in [1.165, 1.54) is 43.1 Å². The van der Waals surface area contributed by atoms with E-state index in [0.29, 0.717) is 31.2 Å². The Hall–Kier alpha value is -6.65. The van der Waals surface area contributed by atoms with Crippen molar-refractivity contribution in [3.63, 3.8) is 0 Å².